The number of carboxylic acid groups (broad SMARTS) is 1. The first-order valence-electron chi connectivity index (χ1n) is 7.92. The number of aromatic carboxylic acids is 1. The van der Waals surface area contributed by atoms with E-state index < -0.39 is 21.5 Å². The molecule has 0 unspecified atom stereocenters. The highest BCUT2D eigenvalue weighted by Crippen LogP contribution is 2.44. The van der Waals surface area contributed by atoms with Crippen LogP contribution in [0.3, 0.4) is 0 Å². The third-order valence-electron chi connectivity index (χ3n) is 4.55. The van der Waals surface area contributed by atoms with Crippen molar-refractivity contribution < 1.29 is 23.1 Å². The monoisotopic (exact) mass is 459 g/mol. The number of nitrogens with one attached hydrogen (secondary N) is 1. The van der Waals surface area contributed by atoms with Gasteiger partial charge in [0.1, 0.15) is 10.6 Å². The SMILES string of the molecule is COc1cc(C2(NS(=O)(=O)Cc3ccsc3C(=O)O)CCC2)ccc1Br. The molecule has 140 valence electrons. The van der Waals surface area contributed by atoms with Crippen LogP contribution in [-0.4, -0.2) is 26.6 Å². The molecule has 3 rings (SSSR count). The van der Waals surface area contributed by atoms with Crippen LogP contribution in [0.25, 0.3) is 0 Å². The van der Waals surface area contributed by atoms with Crippen LogP contribution in [0, 0.1) is 0 Å². The van der Waals surface area contributed by atoms with E-state index in [4.69, 9.17) is 4.74 Å². The summed E-state index contributed by atoms with van der Waals surface area (Å²) in [5, 5.41) is 10.8. The van der Waals surface area contributed by atoms with Crippen LogP contribution < -0.4 is 9.46 Å². The van der Waals surface area contributed by atoms with Gasteiger partial charge in [-0.15, -0.1) is 11.3 Å². The van der Waals surface area contributed by atoms with Gasteiger partial charge in [-0.3, -0.25) is 0 Å². The Morgan fingerprint density at radius 3 is 2.69 bits per heavy atom. The van der Waals surface area contributed by atoms with E-state index >= 15 is 0 Å². The average molecular weight is 460 g/mol. The minimum atomic E-state index is -3.72. The highest BCUT2D eigenvalue weighted by atomic mass is 79.9. The lowest BCUT2D eigenvalue weighted by molar-refractivity contribution is 0.0701. The van der Waals surface area contributed by atoms with Gasteiger partial charge in [-0.05, 0) is 69.9 Å². The van der Waals surface area contributed by atoms with Crippen LogP contribution in [0.4, 0.5) is 0 Å². The van der Waals surface area contributed by atoms with E-state index in [0.29, 0.717) is 24.2 Å². The summed E-state index contributed by atoms with van der Waals surface area (Å²) in [5.41, 5.74) is 0.473. The molecule has 1 aromatic heterocycles. The second kappa shape index (κ2) is 7.30. The Morgan fingerprint density at radius 2 is 2.12 bits per heavy atom. The van der Waals surface area contributed by atoms with E-state index in [1.54, 1.807) is 18.6 Å². The van der Waals surface area contributed by atoms with Gasteiger partial charge in [-0.1, -0.05) is 6.07 Å². The number of carbonyl (C=O) groups is 1. The number of halogens is 1. The molecule has 0 aliphatic heterocycles. The first-order valence-corrected chi connectivity index (χ1v) is 11.2. The Morgan fingerprint density at radius 1 is 1.38 bits per heavy atom. The fraction of sp³-hybridized carbons (Fsp3) is 0.353. The minimum Gasteiger partial charge on any atom is -0.496 e. The Kier molecular flexibility index (Phi) is 5.43. The number of ether oxygens (including phenoxy) is 1. The smallest absolute Gasteiger partial charge is 0.346 e. The Labute approximate surface area is 164 Å². The number of benzene rings is 1. The molecule has 0 spiro atoms. The molecule has 1 aliphatic carbocycles. The molecule has 0 radical (unpaired) electrons. The second-order valence-electron chi connectivity index (χ2n) is 6.23. The number of hydrogen-bond donors (Lipinski definition) is 2. The Hall–Kier alpha value is -1.42. The summed E-state index contributed by atoms with van der Waals surface area (Å²) < 4.78 is 34.4. The molecule has 1 heterocycles. The molecule has 0 saturated heterocycles. The van der Waals surface area contributed by atoms with Crippen molar-refractivity contribution in [3.63, 3.8) is 0 Å². The van der Waals surface area contributed by atoms with Crippen LogP contribution in [0.1, 0.15) is 40.1 Å². The van der Waals surface area contributed by atoms with Crippen LogP contribution in [0.2, 0.25) is 0 Å². The van der Waals surface area contributed by atoms with Crippen molar-refractivity contribution in [2.45, 2.75) is 30.6 Å². The van der Waals surface area contributed by atoms with Crippen molar-refractivity contribution in [1.82, 2.24) is 4.72 Å². The van der Waals surface area contributed by atoms with Crippen LogP contribution in [0.15, 0.2) is 34.1 Å². The molecule has 0 bridgehead atoms. The van der Waals surface area contributed by atoms with Crippen LogP contribution in [-0.2, 0) is 21.3 Å². The summed E-state index contributed by atoms with van der Waals surface area (Å²) in [6.07, 6.45) is 2.29. The largest absolute Gasteiger partial charge is 0.496 e. The molecule has 6 nitrogen and oxygen atoms in total. The number of carboxylic acids is 1. The number of sulfonamides is 1. The van der Waals surface area contributed by atoms with E-state index in [-0.39, 0.29) is 10.6 Å². The zero-order valence-electron chi connectivity index (χ0n) is 14.0. The third kappa shape index (κ3) is 3.80. The standard InChI is InChI=1S/C17H18BrNO5S2/c1-24-14-9-12(3-4-13(14)18)17(6-2-7-17)19-26(22,23)10-11-5-8-25-15(11)16(20)21/h3-5,8-9,19H,2,6-7,10H2,1H3,(H,20,21). The predicted molar refractivity (Wildman–Crippen MR) is 103 cm³/mol. The molecular weight excluding hydrogens is 442 g/mol. The van der Waals surface area contributed by atoms with Gasteiger partial charge in [0.15, 0.2) is 0 Å². The predicted octanol–water partition coefficient (Wildman–Crippen LogP) is 3.72. The highest BCUT2D eigenvalue weighted by molar-refractivity contribution is 9.10. The van der Waals surface area contributed by atoms with Gasteiger partial charge in [-0.25, -0.2) is 17.9 Å². The minimum absolute atomic E-state index is 0.0587. The molecular formula is C17H18BrNO5S2. The van der Waals surface area contributed by atoms with Crippen molar-refractivity contribution in [2.24, 2.45) is 0 Å². The summed E-state index contributed by atoms with van der Waals surface area (Å²) in [7, 11) is -2.16. The van der Waals surface area contributed by atoms with Gasteiger partial charge < -0.3 is 9.84 Å². The number of methoxy groups -OCH3 is 1. The molecule has 2 aromatic rings. The zero-order valence-corrected chi connectivity index (χ0v) is 17.2. The normalized spacial score (nSPS) is 16.1. The zero-order chi connectivity index (χ0) is 18.9. The van der Waals surface area contributed by atoms with E-state index in [0.717, 1.165) is 27.8 Å². The lowest BCUT2D eigenvalue weighted by atomic mass is 9.73. The molecule has 1 aliphatic rings. The van der Waals surface area contributed by atoms with Crippen molar-refractivity contribution in [1.29, 1.82) is 0 Å². The molecule has 9 heteroatoms. The molecule has 1 fully saturated rings. The summed E-state index contributed by atoms with van der Waals surface area (Å²) in [5.74, 6) is -0.826. The molecule has 1 aromatic carbocycles. The number of thiophene rings is 1. The van der Waals surface area contributed by atoms with Crippen LogP contribution in [0.5, 0.6) is 5.75 Å². The lowest BCUT2D eigenvalue weighted by Gasteiger charge is -2.42. The third-order valence-corrected chi connectivity index (χ3v) is 7.54. The summed E-state index contributed by atoms with van der Waals surface area (Å²) in [4.78, 5) is 11.3. The van der Waals surface area contributed by atoms with Gasteiger partial charge in [-0.2, -0.15) is 0 Å². The van der Waals surface area contributed by atoms with Gasteiger partial charge in [0.05, 0.1) is 22.9 Å². The van der Waals surface area contributed by atoms with Gasteiger partial charge in [0, 0.05) is 0 Å². The van der Waals surface area contributed by atoms with Crippen molar-refractivity contribution >= 4 is 43.3 Å². The summed E-state index contributed by atoms with van der Waals surface area (Å²) in [6.45, 7) is 0. The fourth-order valence-electron chi connectivity index (χ4n) is 3.11. The lowest BCUT2D eigenvalue weighted by Crippen LogP contribution is -2.51. The fourth-order valence-corrected chi connectivity index (χ4v) is 6.01. The molecule has 0 amide bonds. The molecule has 0 atom stereocenters. The molecule has 2 N–H and O–H groups in total. The topological polar surface area (TPSA) is 92.7 Å². The van der Waals surface area contributed by atoms with Gasteiger partial charge in [0.2, 0.25) is 10.0 Å². The Bertz CT molecular complexity index is 934. The summed E-state index contributed by atoms with van der Waals surface area (Å²) in [6, 6.07) is 7.09. The maximum absolute atomic E-state index is 12.7. The molecule has 26 heavy (non-hydrogen) atoms. The van der Waals surface area contributed by atoms with E-state index in [1.807, 2.05) is 18.2 Å². The van der Waals surface area contributed by atoms with Crippen LogP contribution >= 0.6 is 27.3 Å². The van der Waals surface area contributed by atoms with E-state index in [9.17, 15) is 18.3 Å². The highest BCUT2D eigenvalue weighted by Gasteiger charge is 2.42. The van der Waals surface area contributed by atoms with E-state index in [2.05, 4.69) is 20.7 Å². The first-order chi connectivity index (χ1) is 12.3. The van der Waals surface area contributed by atoms with Gasteiger partial charge in [0.25, 0.3) is 0 Å². The maximum atomic E-state index is 12.7. The first kappa shape index (κ1) is 19.3. The number of hydrogen-bond acceptors (Lipinski definition) is 5. The van der Waals surface area contributed by atoms with Crippen molar-refractivity contribution in [3.8, 4) is 5.75 Å². The second-order valence-corrected chi connectivity index (χ2v) is 9.72. The van der Waals surface area contributed by atoms with Gasteiger partial charge >= 0.3 is 5.97 Å². The average Bonchev–Trinajstić information content (AvgIpc) is 2.99. The summed E-state index contributed by atoms with van der Waals surface area (Å²) >= 11 is 4.43. The van der Waals surface area contributed by atoms with E-state index in [1.165, 1.54) is 0 Å². The maximum Gasteiger partial charge on any atom is 0.346 e. The quantitative estimate of drug-likeness (QED) is 0.657. The Balaban J connectivity index is 1.87. The molecule has 1 saturated carbocycles. The van der Waals surface area contributed by atoms with Crippen molar-refractivity contribution in [3.05, 3.63) is 50.1 Å². The van der Waals surface area contributed by atoms with Crippen molar-refractivity contribution in [2.75, 3.05) is 7.11 Å². The number of rotatable bonds is 7.